The van der Waals surface area contributed by atoms with Crippen LogP contribution in [0.15, 0.2) is 18.2 Å². The maximum Gasteiger partial charge on any atom is 0.317 e. The van der Waals surface area contributed by atoms with Crippen LogP contribution in [0.3, 0.4) is 0 Å². The zero-order chi connectivity index (χ0) is 33.6. The summed E-state index contributed by atoms with van der Waals surface area (Å²) < 4.78 is 12.7. The van der Waals surface area contributed by atoms with Gasteiger partial charge in [-0.25, -0.2) is 4.79 Å². The molecule has 0 radical (unpaired) electrons. The van der Waals surface area contributed by atoms with E-state index in [1.54, 1.807) is 35.0 Å². The molecule has 2 aliphatic rings. The molecule has 3 rings (SSSR count). The zero-order valence-corrected chi connectivity index (χ0v) is 29.1. The predicted molar refractivity (Wildman–Crippen MR) is 181 cm³/mol. The summed E-state index contributed by atoms with van der Waals surface area (Å²) in [6.45, 7) is 7.64. The minimum absolute atomic E-state index is 0.102. The molecule has 46 heavy (non-hydrogen) atoms. The summed E-state index contributed by atoms with van der Waals surface area (Å²) in [6.07, 6.45) is 8.68. The van der Waals surface area contributed by atoms with Gasteiger partial charge in [-0.15, -0.1) is 0 Å². The molecule has 3 N–H and O–H groups in total. The summed E-state index contributed by atoms with van der Waals surface area (Å²) in [4.78, 5) is 45.5. The number of anilines is 1. The number of carbonyl (C=O) groups excluding carboxylic acids is 3. The summed E-state index contributed by atoms with van der Waals surface area (Å²) >= 11 is 0. The number of amides is 4. The molecule has 260 valence electrons. The van der Waals surface area contributed by atoms with Crippen molar-refractivity contribution in [1.29, 1.82) is 0 Å². The minimum atomic E-state index is -0.481. The highest BCUT2D eigenvalue weighted by atomic mass is 16.5. The van der Waals surface area contributed by atoms with Gasteiger partial charge in [0, 0.05) is 50.8 Å². The molecule has 1 aromatic carbocycles. The minimum Gasteiger partial charge on any atom is -0.490 e. The first-order chi connectivity index (χ1) is 22.0. The van der Waals surface area contributed by atoms with Gasteiger partial charge in [0.05, 0.1) is 30.4 Å². The monoisotopic (exact) mass is 645 g/mol. The number of aliphatic hydroxyl groups is 1. The quantitative estimate of drug-likeness (QED) is 0.336. The highest BCUT2D eigenvalue weighted by molar-refractivity contribution is 5.99. The number of ether oxygens (including phenoxy) is 2. The lowest BCUT2D eigenvalue weighted by atomic mass is 9.96. The molecular formula is C35H59N5O6. The molecular weight excluding hydrogens is 586 g/mol. The summed E-state index contributed by atoms with van der Waals surface area (Å²) in [5.41, 5.74) is 0.861. The summed E-state index contributed by atoms with van der Waals surface area (Å²) in [7, 11) is 5.74. The molecule has 11 heteroatoms. The van der Waals surface area contributed by atoms with Gasteiger partial charge in [-0.2, -0.15) is 0 Å². The molecule has 0 unspecified atom stereocenters. The van der Waals surface area contributed by atoms with Gasteiger partial charge in [-0.05, 0) is 91.2 Å². The number of urea groups is 1. The number of hydrogen-bond acceptors (Lipinski definition) is 7. The van der Waals surface area contributed by atoms with Crippen LogP contribution in [0.2, 0.25) is 0 Å². The van der Waals surface area contributed by atoms with E-state index in [4.69, 9.17) is 9.47 Å². The van der Waals surface area contributed by atoms with E-state index < -0.39 is 6.04 Å². The number of fused-ring (bicyclic) bond motifs is 1. The molecule has 1 heterocycles. The van der Waals surface area contributed by atoms with Crippen molar-refractivity contribution in [3.63, 3.8) is 0 Å². The predicted octanol–water partition coefficient (Wildman–Crippen LogP) is 4.74. The fourth-order valence-electron chi connectivity index (χ4n) is 6.13. The Morgan fingerprint density at radius 3 is 2.48 bits per heavy atom. The molecule has 11 nitrogen and oxygen atoms in total. The molecule has 4 amide bonds. The van der Waals surface area contributed by atoms with Crippen LogP contribution in [-0.2, 0) is 9.53 Å². The van der Waals surface area contributed by atoms with Crippen molar-refractivity contribution in [3.8, 4) is 5.75 Å². The Balaban J connectivity index is 1.84. The maximum absolute atomic E-state index is 14.3. The number of benzene rings is 1. The van der Waals surface area contributed by atoms with Crippen LogP contribution < -0.4 is 15.4 Å². The summed E-state index contributed by atoms with van der Waals surface area (Å²) in [5.74, 6) is -0.0997. The summed E-state index contributed by atoms with van der Waals surface area (Å²) in [6, 6.07) is 4.83. The molecule has 4 atom stereocenters. The van der Waals surface area contributed by atoms with Crippen molar-refractivity contribution in [1.82, 2.24) is 20.0 Å². The molecule has 1 saturated carbocycles. The van der Waals surface area contributed by atoms with Gasteiger partial charge >= 0.3 is 6.03 Å². The van der Waals surface area contributed by atoms with Crippen LogP contribution in [0, 0.1) is 5.92 Å². The number of hydrogen-bond donors (Lipinski definition) is 3. The first-order valence-electron chi connectivity index (χ1n) is 17.3. The number of rotatable bonds is 10. The SMILES string of the molecule is C[C@@H]1CCCCO[C@@H](CN(C)C(=O)NC2CCCCC2)[C@H](C)CN([C@H](C)CO)C(=O)c2cc(NC(=O)CCCN(C)C)ccc2O1. The zero-order valence-electron chi connectivity index (χ0n) is 29.1. The Bertz CT molecular complexity index is 1110. The number of nitrogens with zero attached hydrogens (tertiary/aromatic N) is 3. The molecule has 1 fully saturated rings. The van der Waals surface area contributed by atoms with Gasteiger partial charge in [-0.3, -0.25) is 9.59 Å². The van der Waals surface area contributed by atoms with Crippen molar-refractivity contribution in [2.45, 2.75) is 109 Å². The van der Waals surface area contributed by atoms with Crippen LogP contribution in [0.25, 0.3) is 0 Å². The van der Waals surface area contributed by atoms with Gasteiger partial charge in [0.15, 0.2) is 0 Å². The molecule has 0 saturated heterocycles. The molecule has 1 aliphatic heterocycles. The number of aliphatic hydroxyl groups excluding tert-OH is 1. The highest BCUT2D eigenvalue weighted by Crippen LogP contribution is 2.29. The van der Waals surface area contributed by atoms with Gasteiger partial charge in [0.25, 0.3) is 5.91 Å². The van der Waals surface area contributed by atoms with E-state index in [-0.39, 0.29) is 48.6 Å². The van der Waals surface area contributed by atoms with E-state index in [1.165, 1.54) is 6.42 Å². The van der Waals surface area contributed by atoms with E-state index in [0.29, 0.717) is 43.1 Å². The lowest BCUT2D eigenvalue weighted by Gasteiger charge is -2.36. The van der Waals surface area contributed by atoms with Crippen LogP contribution in [-0.4, -0.2) is 116 Å². The van der Waals surface area contributed by atoms with Crippen LogP contribution >= 0.6 is 0 Å². The number of carbonyl (C=O) groups is 3. The average molecular weight is 646 g/mol. The second-order valence-corrected chi connectivity index (χ2v) is 13.6. The largest absolute Gasteiger partial charge is 0.490 e. The van der Waals surface area contributed by atoms with Crippen molar-refractivity contribution in [3.05, 3.63) is 23.8 Å². The first-order valence-corrected chi connectivity index (χ1v) is 17.3. The third kappa shape index (κ3) is 12.0. The summed E-state index contributed by atoms with van der Waals surface area (Å²) in [5, 5.41) is 16.3. The Morgan fingerprint density at radius 2 is 1.78 bits per heavy atom. The lowest BCUT2D eigenvalue weighted by Crippen LogP contribution is -2.50. The number of likely N-dealkylation sites (N-methyl/N-ethyl adjacent to an activating group) is 1. The van der Waals surface area contributed by atoms with Crippen molar-refractivity contribution >= 4 is 23.5 Å². The van der Waals surface area contributed by atoms with Crippen molar-refractivity contribution in [2.75, 3.05) is 59.3 Å². The Kier molecular flexibility index (Phi) is 15.6. The van der Waals surface area contributed by atoms with E-state index in [1.807, 2.05) is 39.8 Å². The van der Waals surface area contributed by atoms with Crippen LogP contribution in [0.5, 0.6) is 5.75 Å². The van der Waals surface area contributed by atoms with E-state index in [2.05, 4.69) is 10.6 Å². The molecule has 0 bridgehead atoms. The van der Waals surface area contributed by atoms with E-state index >= 15 is 0 Å². The molecule has 1 aliphatic carbocycles. The molecule has 0 aromatic heterocycles. The van der Waals surface area contributed by atoms with E-state index in [0.717, 1.165) is 57.9 Å². The lowest BCUT2D eigenvalue weighted by molar-refractivity contribution is -0.116. The highest BCUT2D eigenvalue weighted by Gasteiger charge is 2.31. The normalized spacial score (nSPS) is 22.7. The number of nitrogens with one attached hydrogen (secondary N) is 2. The van der Waals surface area contributed by atoms with Gasteiger partial charge in [-0.1, -0.05) is 26.2 Å². The Morgan fingerprint density at radius 1 is 1.07 bits per heavy atom. The third-order valence-electron chi connectivity index (χ3n) is 9.08. The van der Waals surface area contributed by atoms with Crippen molar-refractivity contribution < 1.29 is 29.0 Å². The smallest absolute Gasteiger partial charge is 0.317 e. The van der Waals surface area contributed by atoms with Crippen molar-refractivity contribution in [2.24, 2.45) is 5.92 Å². The second kappa shape index (κ2) is 19.1. The average Bonchev–Trinajstić information content (AvgIpc) is 3.02. The van der Waals surface area contributed by atoms with Gasteiger partial charge < -0.3 is 39.9 Å². The molecule has 1 aromatic rings. The van der Waals surface area contributed by atoms with Crippen LogP contribution in [0.4, 0.5) is 10.5 Å². The van der Waals surface area contributed by atoms with Gasteiger partial charge in [0.2, 0.25) is 5.91 Å². The standard InChI is InChI=1S/C35H59N5O6/c1-25-22-40(26(2)24-41)34(43)30-21-29(36-33(42)16-12-19-38(4)5)17-18-31(30)46-27(3)13-10-11-20-45-32(25)23-39(6)35(44)37-28-14-8-7-9-15-28/h17-18,21,25-28,32,41H,7-16,19-20,22-24H2,1-6H3,(H,36,42)(H,37,44)/t25-,26-,27-,32+/m1/s1. The second-order valence-electron chi connectivity index (χ2n) is 13.6. The van der Waals surface area contributed by atoms with Gasteiger partial charge in [0.1, 0.15) is 5.75 Å². The fourth-order valence-corrected chi connectivity index (χ4v) is 6.13. The van der Waals surface area contributed by atoms with E-state index in [9.17, 15) is 19.5 Å². The molecule has 0 spiro atoms. The third-order valence-corrected chi connectivity index (χ3v) is 9.08. The topological polar surface area (TPSA) is 124 Å². The Hall–Kier alpha value is -2.89. The van der Waals surface area contributed by atoms with Crippen LogP contribution in [0.1, 0.15) is 95.3 Å². The first kappa shape index (κ1) is 37.6. The maximum atomic E-state index is 14.3. The Labute approximate surface area is 276 Å². The fraction of sp³-hybridized carbons (Fsp3) is 0.743.